The maximum absolute atomic E-state index is 12.7. The van der Waals surface area contributed by atoms with E-state index >= 15 is 0 Å². The van der Waals surface area contributed by atoms with Crippen LogP contribution in [0.15, 0.2) is 54.6 Å². The summed E-state index contributed by atoms with van der Waals surface area (Å²) in [6, 6.07) is 16.2. The third-order valence-electron chi connectivity index (χ3n) is 2.91. The summed E-state index contributed by atoms with van der Waals surface area (Å²) in [7, 11) is 0. The van der Waals surface area contributed by atoms with Gasteiger partial charge in [0.15, 0.2) is 0 Å². The minimum Gasteiger partial charge on any atom is -0.491 e. The van der Waals surface area contributed by atoms with E-state index in [2.05, 4.69) is 17.4 Å². The summed E-state index contributed by atoms with van der Waals surface area (Å²) in [4.78, 5) is 0. The molecule has 0 aliphatic carbocycles. The topological polar surface area (TPSA) is 30.5 Å². The molecule has 0 fully saturated rings. The van der Waals surface area contributed by atoms with Gasteiger partial charge in [-0.05, 0) is 29.8 Å². The Balaban J connectivity index is 1.46. The van der Waals surface area contributed by atoms with Crippen LogP contribution in [0.3, 0.4) is 0 Å². The van der Waals surface area contributed by atoms with Crippen molar-refractivity contribution < 1.29 is 13.9 Å². The number of hydrogen-bond acceptors (Lipinski definition) is 3. The van der Waals surface area contributed by atoms with Gasteiger partial charge in [0, 0.05) is 13.1 Å². The molecule has 21 heavy (non-hydrogen) atoms. The van der Waals surface area contributed by atoms with Crippen LogP contribution in [0, 0.1) is 5.82 Å². The van der Waals surface area contributed by atoms with Crippen LogP contribution < -0.4 is 10.1 Å². The summed E-state index contributed by atoms with van der Waals surface area (Å²) in [6.45, 7) is 3.26. The van der Waals surface area contributed by atoms with E-state index in [0.29, 0.717) is 25.6 Å². The molecular weight excluding hydrogens is 269 g/mol. The first kappa shape index (κ1) is 15.5. The first-order valence-corrected chi connectivity index (χ1v) is 7.05. The lowest BCUT2D eigenvalue weighted by Crippen LogP contribution is -2.20. The molecule has 0 saturated carbocycles. The lowest BCUT2D eigenvalue weighted by molar-refractivity contribution is 0.102. The summed E-state index contributed by atoms with van der Waals surface area (Å²) >= 11 is 0. The summed E-state index contributed by atoms with van der Waals surface area (Å²) < 4.78 is 23.6. The first-order chi connectivity index (χ1) is 10.3. The van der Waals surface area contributed by atoms with Gasteiger partial charge in [-0.15, -0.1) is 0 Å². The molecule has 3 nitrogen and oxygen atoms in total. The molecule has 1 N–H and O–H groups in total. The van der Waals surface area contributed by atoms with E-state index in [-0.39, 0.29) is 5.82 Å². The Hall–Kier alpha value is -1.91. The Morgan fingerprint density at radius 2 is 1.62 bits per heavy atom. The standard InChI is InChI=1S/C17H20FNO2/c18-16-6-8-17(9-7-16)21-13-12-20-11-10-19-14-15-4-2-1-3-5-15/h1-9,19H,10-14H2. The molecule has 0 unspecified atom stereocenters. The molecule has 0 radical (unpaired) electrons. The Morgan fingerprint density at radius 1 is 0.857 bits per heavy atom. The van der Waals surface area contributed by atoms with Gasteiger partial charge < -0.3 is 14.8 Å². The molecule has 2 aromatic rings. The van der Waals surface area contributed by atoms with Crippen molar-refractivity contribution >= 4 is 0 Å². The zero-order chi connectivity index (χ0) is 14.8. The van der Waals surface area contributed by atoms with Crippen molar-refractivity contribution in [3.63, 3.8) is 0 Å². The molecule has 0 spiro atoms. The molecule has 0 saturated heterocycles. The fourth-order valence-corrected chi connectivity index (χ4v) is 1.82. The van der Waals surface area contributed by atoms with E-state index in [1.54, 1.807) is 12.1 Å². The lowest BCUT2D eigenvalue weighted by Gasteiger charge is -2.08. The van der Waals surface area contributed by atoms with Gasteiger partial charge in [-0.25, -0.2) is 4.39 Å². The summed E-state index contributed by atoms with van der Waals surface area (Å²) in [6.07, 6.45) is 0. The van der Waals surface area contributed by atoms with Crippen LogP contribution >= 0.6 is 0 Å². The van der Waals surface area contributed by atoms with Crippen LogP contribution in [0.25, 0.3) is 0 Å². The quantitative estimate of drug-likeness (QED) is 0.720. The van der Waals surface area contributed by atoms with Crippen molar-refractivity contribution in [1.29, 1.82) is 0 Å². The Labute approximate surface area is 124 Å². The number of halogens is 1. The average molecular weight is 289 g/mol. The van der Waals surface area contributed by atoms with E-state index in [1.807, 2.05) is 18.2 Å². The normalized spacial score (nSPS) is 10.5. The monoisotopic (exact) mass is 289 g/mol. The number of hydrogen-bond donors (Lipinski definition) is 1. The molecule has 4 heteroatoms. The summed E-state index contributed by atoms with van der Waals surface area (Å²) in [5, 5.41) is 3.31. The van der Waals surface area contributed by atoms with Gasteiger partial charge in [-0.3, -0.25) is 0 Å². The van der Waals surface area contributed by atoms with E-state index < -0.39 is 0 Å². The highest BCUT2D eigenvalue weighted by Gasteiger charge is 1.95. The Morgan fingerprint density at radius 3 is 2.38 bits per heavy atom. The summed E-state index contributed by atoms with van der Waals surface area (Å²) in [5.41, 5.74) is 1.26. The number of benzene rings is 2. The van der Waals surface area contributed by atoms with Gasteiger partial charge in [0.05, 0.1) is 13.2 Å². The molecule has 0 amide bonds. The van der Waals surface area contributed by atoms with Gasteiger partial charge >= 0.3 is 0 Å². The lowest BCUT2D eigenvalue weighted by atomic mass is 10.2. The Kier molecular flexibility index (Phi) is 6.71. The van der Waals surface area contributed by atoms with Gasteiger partial charge in [0.25, 0.3) is 0 Å². The third kappa shape index (κ3) is 6.38. The van der Waals surface area contributed by atoms with E-state index in [1.165, 1.54) is 17.7 Å². The van der Waals surface area contributed by atoms with Gasteiger partial charge in [-0.1, -0.05) is 30.3 Å². The van der Waals surface area contributed by atoms with Gasteiger partial charge in [0.2, 0.25) is 0 Å². The van der Waals surface area contributed by atoms with Crippen LogP contribution in [0.2, 0.25) is 0 Å². The molecule has 112 valence electrons. The predicted molar refractivity (Wildman–Crippen MR) is 80.9 cm³/mol. The Bertz CT molecular complexity index is 502. The SMILES string of the molecule is Fc1ccc(OCCOCCNCc2ccccc2)cc1. The molecule has 2 aromatic carbocycles. The van der Waals surface area contributed by atoms with Crippen LogP contribution in [0.4, 0.5) is 4.39 Å². The van der Waals surface area contributed by atoms with E-state index in [0.717, 1.165) is 13.1 Å². The minimum atomic E-state index is -0.261. The van der Waals surface area contributed by atoms with Crippen LogP contribution in [-0.4, -0.2) is 26.4 Å². The smallest absolute Gasteiger partial charge is 0.123 e. The second-order valence-electron chi connectivity index (χ2n) is 4.58. The van der Waals surface area contributed by atoms with Gasteiger partial charge in [-0.2, -0.15) is 0 Å². The fourth-order valence-electron chi connectivity index (χ4n) is 1.82. The molecule has 0 aliphatic heterocycles. The molecule has 0 bridgehead atoms. The average Bonchev–Trinajstić information content (AvgIpc) is 2.53. The highest BCUT2D eigenvalue weighted by Crippen LogP contribution is 2.10. The van der Waals surface area contributed by atoms with E-state index in [4.69, 9.17) is 9.47 Å². The molecule has 0 heterocycles. The van der Waals surface area contributed by atoms with Crippen LogP contribution in [0.5, 0.6) is 5.75 Å². The zero-order valence-corrected chi connectivity index (χ0v) is 11.9. The van der Waals surface area contributed by atoms with Crippen molar-refractivity contribution in [3.05, 3.63) is 66.0 Å². The fraction of sp³-hybridized carbons (Fsp3) is 0.294. The molecule has 0 atom stereocenters. The van der Waals surface area contributed by atoms with Crippen molar-refractivity contribution in [1.82, 2.24) is 5.32 Å². The predicted octanol–water partition coefficient (Wildman–Crippen LogP) is 3.01. The van der Waals surface area contributed by atoms with Crippen molar-refractivity contribution in [2.45, 2.75) is 6.54 Å². The molecule has 2 rings (SSSR count). The minimum absolute atomic E-state index is 0.261. The third-order valence-corrected chi connectivity index (χ3v) is 2.91. The van der Waals surface area contributed by atoms with Gasteiger partial charge in [0.1, 0.15) is 18.2 Å². The molecule has 0 aliphatic rings. The summed E-state index contributed by atoms with van der Waals surface area (Å²) in [5.74, 6) is 0.394. The molecule has 0 aromatic heterocycles. The molecular formula is C17H20FNO2. The second kappa shape index (κ2) is 9.10. The number of ether oxygens (including phenoxy) is 2. The van der Waals surface area contributed by atoms with Crippen LogP contribution in [-0.2, 0) is 11.3 Å². The largest absolute Gasteiger partial charge is 0.491 e. The van der Waals surface area contributed by atoms with Crippen LogP contribution in [0.1, 0.15) is 5.56 Å². The number of rotatable bonds is 9. The number of nitrogens with one attached hydrogen (secondary N) is 1. The maximum atomic E-state index is 12.7. The van der Waals surface area contributed by atoms with Crippen molar-refractivity contribution in [2.24, 2.45) is 0 Å². The zero-order valence-electron chi connectivity index (χ0n) is 11.9. The van der Waals surface area contributed by atoms with Crippen molar-refractivity contribution in [2.75, 3.05) is 26.4 Å². The van der Waals surface area contributed by atoms with E-state index in [9.17, 15) is 4.39 Å². The highest BCUT2D eigenvalue weighted by atomic mass is 19.1. The second-order valence-corrected chi connectivity index (χ2v) is 4.58. The van der Waals surface area contributed by atoms with Crippen molar-refractivity contribution in [3.8, 4) is 5.75 Å². The first-order valence-electron chi connectivity index (χ1n) is 7.05. The highest BCUT2D eigenvalue weighted by molar-refractivity contribution is 5.21. The maximum Gasteiger partial charge on any atom is 0.123 e.